The van der Waals surface area contributed by atoms with Crippen molar-refractivity contribution in [2.75, 3.05) is 10.0 Å². The van der Waals surface area contributed by atoms with Crippen LogP contribution < -0.4 is 10.0 Å². The molecule has 0 saturated heterocycles. The summed E-state index contributed by atoms with van der Waals surface area (Å²) in [5.74, 6) is 0.226. The largest absolute Gasteiger partial charge is 0.507 e. The molecule has 6 aromatic carbocycles. The lowest BCUT2D eigenvalue weighted by molar-refractivity contribution is 0.474. The maximum Gasteiger partial charge on any atom is 0.124 e. The van der Waals surface area contributed by atoms with Crippen LogP contribution in [0.5, 0.6) is 5.75 Å². The highest BCUT2D eigenvalue weighted by Gasteiger charge is 2.07. The summed E-state index contributed by atoms with van der Waals surface area (Å²) in [4.78, 5) is 0. The van der Waals surface area contributed by atoms with Crippen molar-refractivity contribution in [3.63, 3.8) is 0 Å². The Morgan fingerprint density at radius 2 is 0.909 bits per heavy atom. The van der Waals surface area contributed by atoms with E-state index in [-0.39, 0.29) is 5.75 Å². The third-order valence-corrected chi connectivity index (χ3v) is 6.63. The zero-order valence-corrected chi connectivity index (χ0v) is 24.3. The van der Waals surface area contributed by atoms with E-state index in [1.807, 2.05) is 144 Å². The van der Waals surface area contributed by atoms with Gasteiger partial charge in [0.05, 0.1) is 36.0 Å². The van der Waals surface area contributed by atoms with Gasteiger partial charge in [0.1, 0.15) is 5.75 Å². The average molecular weight is 575 g/mol. The number of rotatable bonds is 9. The molecule has 6 rings (SSSR count). The number of nitrogens with zero attached hydrogens (tertiary/aromatic N) is 4. The number of para-hydroxylation sites is 4. The van der Waals surface area contributed by atoms with E-state index in [1.54, 1.807) is 18.3 Å². The number of benzene rings is 6. The number of hydrazone groups is 2. The van der Waals surface area contributed by atoms with Crippen LogP contribution >= 0.6 is 0 Å². The predicted molar refractivity (Wildman–Crippen MR) is 184 cm³/mol. The van der Waals surface area contributed by atoms with Crippen molar-refractivity contribution in [1.29, 1.82) is 0 Å². The van der Waals surface area contributed by atoms with Gasteiger partial charge in [0, 0.05) is 5.56 Å². The second kappa shape index (κ2) is 15.9. The molecule has 0 spiro atoms. The summed E-state index contributed by atoms with van der Waals surface area (Å²) in [6, 6.07) is 57.8. The lowest BCUT2D eigenvalue weighted by atomic mass is 10.2. The quantitative estimate of drug-likeness (QED) is 0.138. The Labute approximate surface area is 259 Å². The number of phenols is 1. The van der Waals surface area contributed by atoms with E-state index in [4.69, 9.17) is 0 Å². The number of phenolic OH excluding ortho intramolecular Hbond substituents is 1. The third-order valence-electron chi connectivity index (χ3n) is 6.63. The second-order valence-corrected chi connectivity index (χ2v) is 9.82. The van der Waals surface area contributed by atoms with Gasteiger partial charge in [-0.05, 0) is 59.7 Å². The Morgan fingerprint density at radius 1 is 0.455 bits per heavy atom. The summed E-state index contributed by atoms with van der Waals surface area (Å²) in [6.45, 7) is 0.662. The van der Waals surface area contributed by atoms with Gasteiger partial charge in [-0.3, -0.25) is 5.01 Å². The molecule has 5 heteroatoms. The van der Waals surface area contributed by atoms with Gasteiger partial charge in [-0.1, -0.05) is 127 Å². The van der Waals surface area contributed by atoms with Gasteiger partial charge in [0.15, 0.2) is 0 Å². The summed E-state index contributed by atoms with van der Waals surface area (Å²) in [5.41, 5.74) is 6.02. The maximum absolute atomic E-state index is 9.87. The van der Waals surface area contributed by atoms with Crippen molar-refractivity contribution in [2.24, 2.45) is 10.2 Å². The number of hydrogen-bond acceptors (Lipinski definition) is 5. The van der Waals surface area contributed by atoms with Gasteiger partial charge in [0.25, 0.3) is 0 Å². The highest BCUT2D eigenvalue weighted by molar-refractivity contribution is 5.84. The predicted octanol–water partition coefficient (Wildman–Crippen LogP) is 9.29. The zero-order chi connectivity index (χ0) is 30.2. The van der Waals surface area contributed by atoms with Crippen LogP contribution in [-0.2, 0) is 6.54 Å². The Balaban J connectivity index is 0.000000175. The molecule has 0 atom stereocenters. The molecule has 0 aliphatic heterocycles. The SMILES string of the molecule is C(=N\N(c1ccccc1)c1ccccc1)/c1ccccc1.Oc1ccccc1/C=N/N(Cc1ccccc1)c1ccccc1. The van der Waals surface area contributed by atoms with Crippen molar-refractivity contribution in [3.05, 3.63) is 193 Å². The van der Waals surface area contributed by atoms with E-state index in [0.29, 0.717) is 12.1 Å². The van der Waals surface area contributed by atoms with Crippen LogP contribution in [0, 0.1) is 0 Å². The molecular formula is C39H34N4O. The van der Waals surface area contributed by atoms with E-state index in [2.05, 4.69) is 46.6 Å². The molecule has 0 unspecified atom stereocenters. The Morgan fingerprint density at radius 3 is 1.45 bits per heavy atom. The van der Waals surface area contributed by atoms with Gasteiger partial charge in [-0.2, -0.15) is 10.2 Å². The van der Waals surface area contributed by atoms with Gasteiger partial charge < -0.3 is 5.11 Å². The van der Waals surface area contributed by atoms with E-state index in [9.17, 15) is 5.11 Å². The van der Waals surface area contributed by atoms with Crippen LogP contribution in [0.15, 0.2) is 186 Å². The Kier molecular flexibility index (Phi) is 10.7. The highest BCUT2D eigenvalue weighted by Crippen LogP contribution is 2.25. The second-order valence-electron chi connectivity index (χ2n) is 9.82. The molecule has 6 aromatic rings. The number of anilines is 3. The van der Waals surface area contributed by atoms with Crippen LogP contribution in [0.2, 0.25) is 0 Å². The summed E-state index contributed by atoms with van der Waals surface area (Å²) in [5, 5.41) is 22.9. The smallest absolute Gasteiger partial charge is 0.124 e. The van der Waals surface area contributed by atoms with Gasteiger partial charge >= 0.3 is 0 Å². The number of aromatic hydroxyl groups is 1. The van der Waals surface area contributed by atoms with Crippen LogP contribution in [-0.4, -0.2) is 17.5 Å². The number of hydrogen-bond donors (Lipinski definition) is 1. The summed E-state index contributed by atoms with van der Waals surface area (Å²) < 4.78 is 0. The fourth-order valence-corrected chi connectivity index (χ4v) is 4.37. The van der Waals surface area contributed by atoms with E-state index >= 15 is 0 Å². The molecular weight excluding hydrogens is 540 g/mol. The molecule has 44 heavy (non-hydrogen) atoms. The lowest BCUT2D eigenvalue weighted by Crippen LogP contribution is -2.16. The third kappa shape index (κ3) is 8.78. The molecule has 1 N–H and O–H groups in total. The van der Waals surface area contributed by atoms with Crippen LogP contribution in [0.25, 0.3) is 0 Å². The van der Waals surface area contributed by atoms with Gasteiger partial charge in [-0.15, -0.1) is 0 Å². The fraction of sp³-hybridized carbons (Fsp3) is 0.0256. The topological polar surface area (TPSA) is 51.4 Å². The molecule has 0 aromatic heterocycles. The van der Waals surface area contributed by atoms with E-state index < -0.39 is 0 Å². The van der Waals surface area contributed by atoms with Gasteiger partial charge in [0.2, 0.25) is 0 Å². The maximum atomic E-state index is 9.87. The molecule has 0 aliphatic rings. The molecule has 0 fully saturated rings. The standard InChI is InChI=1S/C20H18N2O.C19H16N2/c23-20-14-8-7-11-18(20)15-21-22(19-12-5-2-6-13-19)16-17-9-3-1-4-10-17;1-4-10-17(11-5-1)16-20-21(18-12-6-2-7-13-18)19-14-8-3-9-15-19/h1-15,23H,16H2;1-16H/b21-15+;20-16+. The molecule has 5 nitrogen and oxygen atoms in total. The highest BCUT2D eigenvalue weighted by atomic mass is 16.3. The lowest BCUT2D eigenvalue weighted by Gasteiger charge is -2.19. The first-order chi connectivity index (χ1) is 21.8. The Bertz CT molecular complexity index is 1690. The van der Waals surface area contributed by atoms with Crippen molar-refractivity contribution >= 4 is 29.5 Å². The van der Waals surface area contributed by atoms with Crippen LogP contribution in [0.4, 0.5) is 17.1 Å². The first-order valence-corrected chi connectivity index (χ1v) is 14.4. The van der Waals surface area contributed by atoms with Crippen molar-refractivity contribution in [2.45, 2.75) is 6.54 Å². The summed E-state index contributed by atoms with van der Waals surface area (Å²) in [6.07, 6.45) is 3.56. The minimum absolute atomic E-state index is 0.226. The van der Waals surface area contributed by atoms with Crippen molar-refractivity contribution < 1.29 is 5.11 Å². The van der Waals surface area contributed by atoms with Gasteiger partial charge in [-0.25, -0.2) is 5.01 Å². The summed E-state index contributed by atoms with van der Waals surface area (Å²) >= 11 is 0. The van der Waals surface area contributed by atoms with E-state index in [1.165, 1.54) is 5.56 Å². The van der Waals surface area contributed by atoms with Crippen LogP contribution in [0.3, 0.4) is 0 Å². The molecule has 0 bridgehead atoms. The molecule has 0 amide bonds. The average Bonchev–Trinajstić information content (AvgIpc) is 3.10. The van der Waals surface area contributed by atoms with Crippen LogP contribution in [0.1, 0.15) is 16.7 Å². The molecule has 216 valence electrons. The monoisotopic (exact) mass is 574 g/mol. The normalized spacial score (nSPS) is 10.7. The first-order valence-electron chi connectivity index (χ1n) is 14.4. The van der Waals surface area contributed by atoms with Crippen molar-refractivity contribution in [1.82, 2.24) is 0 Å². The van der Waals surface area contributed by atoms with E-state index in [0.717, 1.165) is 22.6 Å². The first kappa shape index (κ1) is 29.5. The minimum atomic E-state index is 0.226. The fourth-order valence-electron chi connectivity index (χ4n) is 4.37. The summed E-state index contributed by atoms with van der Waals surface area (Å²) in [7, 11) is 0. The zero-order valence-electron chi connectivity index (χ0n) is 24.3. The molecule has 0 saturated carbocycles. The minimum Gasteiger partial charge on any atom is -0.507 e. The molecule has 0 aliphatic carbocycles. The van der Waals surface area contributed by atoms with Crippen molar-refractivity contribution in [3.8, 4) is 5.75 Å². The molecule has 0 radical (unpaired) electrons. The Hall–Kier alpha value is -5.94. The molecule has 0 heterocycles.